The van der Waals surface area contributed by atoms with E-state index < -0.39 is 11.1 Å². The molecule has 8 heteroatoms. The van der Waals surface area contributed by atoms with Gasteiger partial charge in [0.15, 0.2) is 0 Å². The lowest BCUT2D eigenvalue weighted by molar-refractivity contribution is -0.936. The van der Waals surface area contributed by atoms with Gasteiger partial charge in [-0.1, -0.05) is 12.1 Å². The molecular formula is C20H23N4O3S+. The zero-order valence-electron chi connectivity index (χ0n) is 15.8. The highest BCUT2D eigenvalue weighted by Gasteiger charge is 2.34. The SMILES string of the molecule is CC(C)[NH+]1CCc2c(sc3c2C(=O)N[C@@H](/C=C\c2ccccc2[N+](=O)[O-])N3)C1. The van der Waals surface area contributed by atoms with Crippen LogP contribution in [-0.2, 0) is 13.0 Å². The van der Waals surface area contributed by atoms with Gasteiger partial charge in [0.05, 0.1) is 33.5 Å². The van der Waals surface area contributed by atoms with E-state index in [1.54, 1.807) is 46.6 Å². The molecule has 4 rings (SSSR count). The zero-order chi connectivity index (χ0) is 19.8. The molecule has 1 amide bonds. The smallest absolute Gasteiger partial charge is 0.276 e. The average molecular weight is 399 g/mol. The number of anilines is 1. The largest absolute Gasteiger partial charge is 0.353 e. The van der Waals surface area contributed by atoms with Crippen LogP contribution in [0.4, 0.5) is 10.7 Å². The summed E-state index contributed by atoms with van der Waals surface area (Å²) in [6.45, 7) is 6.45. The van der Waals surface area contributed by atoms with E-state index >= 15 is 0 Å². The quantitative estimate of drug-likeness (QED) is 0.543. The molecule has 146 valence electrons. The molecule has 1 unspecified atom stereocenters. The minimum absolute atomic E-state index is 0.0462. The molecule has 0 saturated carbocycles. The van der Waals surface area contributed by atoms with Crippen molar-refractivity contribution in [2.45, 2.75) is 39.0 Å². The van der Waals surface area contributed by atoms with E-state index in [1.165, 1.54) is 16.5 Å². The summed E-state index contributed by atoms with van der Waals surface area (Å²) < 4.78 is 0. The fourth-order valence-corrected chi connectivity index (χ4v) is 5.15. The Morgan fingerprint density at radius 3 is 2.86 bits per heavy atom. The third-order valence-corrected chi connectivity index (χ3v) is 6.56. The molecule has 0 bridgehead atoms. The number of carbonyl (C=O) groups excluding carboxylic acids is 1. The van der Waals surface area contributed by atoms with Crippen LogP contribution in [0.1, 0.15) is 40.2 Å². The van der Waals surface area contributed by atoms with Gasteiger partial charge in [0.25, 0.3) is 11.6 Å². The lowest BCUT2D eigenvalue weighted by atomic mass is 10.0. The van der Waals surface area contributed by atoms with E-state index in [-0.39, 0.29) is 11.6 Å². The number of nitrogens with zero attached hydrogens (tertiary/aromatic N) is 1. The number of fused-ring (bicyclic) bond motifs is 3. The van der Waals surface area contributed by atoms with Crippen LogP contribution in [-0.4, -0.2) is 29.6 Å². The second-order valence-electron chi connectivity index (χ2n) is 7.47. The van der Waals surface area contributed by atoms with E-state index in [1.807, 2.05) is 0 Å². The maximum absolute atomic E-state index is 12.7. The summed E-state index contributed by atoms with van der Waals surface area (Å²) in [5, 5.41) is 18.4. The van der Waals surface area contributed by atoms with Crippen LogP contribution >= 0.6 is 11.3 Å². The molecule has 2 aliphatic rings. The van der Waals surface area contributed by atoms with Crippen molar-refractivity contribution in [1.82, 2.24) is 5.32 Å². The van der Waals surface area contributed by atoms with Gasteiger partial charge < -0.3 is 15.5 Å². The Labute approximate surface area is 167 Å². The molecule has 3 N–H and O–H groups in total. The van der Waals surface area contributed by atoms with Crippen molar-refractivity contribution in [3.05, 3.63) is 62.0 Å². The molecule has 3 heterocycles. The molecule has 0 radical (unpaired) electrons. The van der Waals surface area contributed by atoms with E-state index in [0.717, 1.165) is 30.1 Å². The van der Waals surface area contributed by atoms with Gasteiger partial charge in [-0.15, -0.1) is 11.3 Å². The molecule has 1 aromatic carbocycles. The lowest BCUT2D eigenvalue weighted by Crippen LogP contribution is -3.14. The minimum Gasteiger partial charge on any atom is -0.353 e. The number of hydrogen-bond acceptors (Lipinski definition) is 5. The molecule has 2 aromatic rings. The van der Waals surface area contributed by atoms with Crippen molar-refractivity contribution < 1.29 is 14.6 Å². The molecule has 0 aliphatic carbocycles. The van der Waals surface area contributed by atoms with Crippen molar-refractivity contribution in [3.8, 4) is 0 Å². The number of nitrogens with one attached hydrogen (secondary N) is 3. The number of carbonyl (C=O) groups is 1. The van der Waals surface area contributed by atoms with Crippen molar-refractivity contribution >= 4 is 34.0 Å². The highest BCUT2D eigenvalue weighted by Crippen LogP contribution is 2.37. The van der Waals surface area contributed by atoms with Gasteiger partial charge in [0.1, 0.15) is 17.7 Å². The van der Waals surface area contributed by atoms with Crippen LogP contribution in [0.25, 0.3) is 6.08 Å². The lowest BCUT2D eigenvalue weighted by Gasteiger charge is -2.28. The Morgan fingerprint density at radius 1 is 1.32 bits per heavy atom. The maximum Gasteiger partial charge on any atom is 0.276 e. The predicted molar refractivity (Wildman–Crippen MR) is 110 cm³/mol. The third kappa shape index (κ3) is 3.41. The summed E-state index contributed by atoms with van der Waals surface area (Å²) in [6.07, 6.45) is 3.96. The van der Waals surface area contributed by atoms with Crippen LogP contribution in [0.5, 0.6) is 0 Å². The fourth-order valence-electron chi connectivity index (χ4n) is 3.82. The Bertz CT molecular complexity index is 966. The highest BCUT2D eigenvalue weighted by molar-refractivity contribution is 7.16. The molecule has 0 saturated heterocycles. The molecule has 7 nitrogen and oxygen atoms in total. The molecule has 28 heavy (non-hydrogen) atoms. The minimum atomic E-state index is -0.402. The number of para-hydroxylation sites is 1. The third-order valence-electron chi connectivity index (χ3n) is 5.39. The van der Waals surface area contributed by atoms with Crippen molar-refractivity contribution in [2.24, 2.45) is 0 Å². The Kier molecular flexibility index (Phi) is 4.91. The first-order chi connectivity index (χ1) is 13.4. The molecule has 0 fully saturated rings. The summed E-state index contributed by atoms with van der Waals surface area (Å²) in [7, 11) is 0. The highest BCUT2D eigenvalue weighted by atomic mass is 32.1. The zero-order valence-corrected chi connectivity index (χ0v) is 16.6. The van der Waals surface area contributed by atoms with E-state index in [0.29, 0.717) is 11.6 Å². The predicted octanol–water partition coefficient (Wildman–Crippen LogP) is 2.20. The number of quaternary nitrogens is 1. The number of amides is 1. The van der Waals surface area contributed by atoms with Crippen molar-refractivity contribution in [2.75, 3.05) is 11.9 Å². The molecule has 2 atom stereocenters. The van der Waals surface area contributed by atoms with Crippen LogP contribution in [0.15, 0.2) is 30.3 Å². The standard InChI is InChI=1S/C20H22N4O3S/c1-12(2)23-10-9-14-16(11-23)28-20-18(14)19(25)21-17(22-20)8-7-13-5-3-4-6-15(13)24(26)27/h3-8,12,17,22H,9-11H2,1-2H3,(H,21,25)/p+1/b8-7-/t17-/m1/s1. The van der Waals surface area contributed by atoms with Gasteiger partial charge in [-0.05, 0) is 37.6 Å². The second kappa shape index (κ2) is 7.37. The van der Waals surface area contributed by atoms with Gasteiger partial charge in [0.2, 0.25) is 0 Å². The normalized spacial score (nSPS) is 21.2. The Morgan fingerprint density at radius 2 is 2.11 bits per heavy atom. The van der Waals surface area contributed by atoms with Crippen molar-refractivity contribution in [3.63, 3.8) is 0 Å². The van der Waals surface area contributed by atoms with Crippen molar-refractivity contribution in [1.29, 1.82) is 0 Å². The number of nitro benzene ring substituents is 1. The Balaban J connectivity index is 1.56. The van der Waals surface area contributed by atoms with E-state index in [2.05, 4.69) is 24.5 Å². The number of hydrogen-bond donors (Lipinski definition) is 3. The number of nitro groups is 1. The van der Waals surface area contributed by atoms with E-state index in [4.69, 9.17) is 0 Å². The number of rotatable bonds is 4. The van der Waals surface area contributed by atoms with Gasteiger partial charge in [-0.3, -0.25) is 14.9 Å². The van der Waals surface area contributed by atoms with Gasteiger partial charge in [-0.2, -0.15) is 0 Å². The molecule has 2 aliphatic heterocycles. The first-order valence-electron chi connectivity index (χ1n) is 9.42. The summed E-state index contributed by atoms with van der Waals surface area (Å²) in [6, 6.07) is 7.12. The van der Waals surface area contributed by atoms with Crippen LogP contribution in [0.3, 0.4) is 0 Å². The van der Waals surface area contributed by atoms with Crippen LogP contribution in [0, 0.1) is 10.1 Å². The first-order valence-corrected chi connectivity index (χ1v) is 10.2. The summed E-state index contributed by atoms with van der Waals surface area (Å²) in [5.41, 5.74) is 2.51. The molecule has 1 aromatic heterocycles. The Hall–Kier alpha value is -2.71. The number of benzene rings is 1. The molecular weight excluding hydrogens is 376 g/mol. The molecule has 0 spiro atoms. The first kappa shape index (κ1) is 18.6. The number of thiophene rings is 1. The summed E-state index contributed by atoms with van der Waals surface area (Å²) in [4.78, 5) is 26.3. The van der Waals surface area contributed by atoms with Gasteiger partial charge in [0, 0.05) is 12.5 Å². The topological polar surface area (TPSA) is 88.7 Å². The van der Waals surface area contributed by atoms with E-state index in [9.17, 15) is 14.9 Å². The van der Waals surface area contributed by atoms with Crippen LogP contribution in [0.2, 0.25) is 0 Å². The summed E-state index contributed by atoms with van der Waals surface area (Å²) >= 11 is 1.66. The second-order valence-corrected chi connectivity index (χ2v) is 8.57. The summed E-state index contributed by atoms with van der Waals surface area (Å²) in [5.74, 6) is -0.0727. The van der Waals surface area contributed by atoms with Gasteiger partial charge in [-0.25, -0.2) is 0 Å². The average Bonchev–Trinajstić information content (AvgIpc) is 3.04. The fraction of sp³-hybridized carbons (Fsp3) is 0.350. The monoisotopic (exact) mass is 399 g/mol. The van der Waals surface area contributed by atoms with Crippen LogP contribution < -0.4 is 15.5 Å². The maximum atomic E-state index is 12.7. The van der Waals surface area contributed by atoms with Gasteiger partial charge >= 0.3 is 0 Å².